The minimum Gasteiger partial charge on any atom is -0.506 e. The lowest BCUT2D eigenvalue weighted by Crippen LogP contribution is -2.12. The van der Waals surface area contributed by atoms with Gasteiger partial charge < -0.3 is 10.8 Å². The summed E-state index contributed by atoms with van der Waals surface area (Å²) >= 11 is 0. The number of carbonyl (C=O) groups excluding carboxylic acids is 2. The van der Waals surface area contributed by atoms with Crippen molar-refractivity contribution in [1.82, 2.24) is 0 Å². The van der Waals surface area contributed by atoms with Crippen molar-refractivity contribution in [2.24, 2.45) is 5.73 Å². The van der Waals surface area contributed by atoms with Crippen LogP contribution in [0.4, 0.5) is 0 Å². The van der Waals surface area contributed by atoms with Crippen LogP contribution in [0.5, 0.6) is 5.75 Å². The van der Waals surface area contributed by atoms with Crippen molar-refractivity contribution in [3.8, 4) is 5.75 Å². The molecule has 0 aliphatic carbocycles. The maximum Gasteiger partial charge on any atom is 0.252 e. The third-order valence-corrected chi connectivity index (χ3v) is 1.92. The largest absolute Gasteiger partial charge is 0.506 e. The zero-order chi connectivity index (χ0) is 10.7. The number of hydrogen-bond acceptors (Lipinski definition) is 3. The lowest BCUT2D eigenvalue weighted by Gasteiger charge is -2.04. The quantitative estimate of drug-likeness (QED) is 0.705. The summed E-state index contributed by atoms with van der Waals surface area (Å²) < 4.78 is 0. The Morgan fingerprint density at radius 1 is 1.36 bits per heavy atom. The van der Waals surface area contributed by atoms with Crippen LogP contribution in [-0.2, 0) is 0 Å². The van der Waals surface area contributed by atoms with Crippen LogP contribution < -0.4 is 5.73 Å². The highest BCUT2D eigenvalue weighted by atomic mass is 16.3. The van der Waals surface area contributed by atoms with Crippen molar-refractivity contribution < 1.29 is 14.7 Å². The summed E-state index contributed by atoms with van der Waals surface area (Å²) in [6.45, 7) is 1.68. The normalized spacial score (nSPS) is 9.79. The third-order valence-electron chi connectivity index (χ3n) is 1.92. The molecule has 1 aromatic rings. The van der Waals surface area contributed by atoms with Crippen LogP contribution in [0.25, 0.3) is 0 Å². The molecule has 0 atom stereocenters. The highest BCUT2D eigenvalue weighted by molar-refractivity contribution is 6.04. The van der Waals surface area contributed by atoms with Gasteiger partial charge in [-0.1, -0.05) is 13.0 Å². The number of hydrogen-bond donors (Lipinski definition) is 2. The Morgan fingerprint density at radius 3 is 2.43 bits per heavy atom. The van der Waals surface area contributed by atoms with Gasteiger partial charge >= 0.3 is 0 Å². The molecule has 1 amide bonds. The molecule has 14 heavy (non-hydrogen) atoms. The van der Waals surface area contributed by atoms with Crippen molar-refractivity contribution in [2.75, 3.05) is 0 Å². The number of ketones is 1. The molecule has 74 valence electrons. The van der Waals surface area contributed by atoms with Gasteiger partial charge in [0, 0.05) is 6.42 Å². The number of aromatic hydroxyl groups is 1. The fourth-order valence-electron chi connectivity index (χ4n) is 1.16. The van der Waals surface area contributed by atoms with E-state index in [1.165, 1.54) is 18.2 Å². The molecule has 0 aliphatic heterocycles. The minimum atomic E-state index is -0.742. The first-order valence-corrected chi connectivity index (χ1v) is 4.23. The van der Waals surface area contributed by atoms with Gasteiger partial charge in [0.25, 0.3) is 5.91 Å². The van der Waals surface area contributed by atoms with Crippen LogP contribution in [0.2, 0.25) is 0 Å². The maximum absolute atomic E-state index is 11.3. The Kier molecular flexibility index (Phi) is 2.86. The molecule has 0 saturated carbocycles. The Labute approximate surface area is 81.3 Å². The van der Waals surface area contributed by atoms with E-state index in [0.29, 0.717) is 0 Å². The average Bonchev–Trinajstić information content (AvgIpc) is 2.16. The summed E-state index contributed by atoms with van der Waals surface area (Å²) in [5.41, 5.74) is 5.13. The zero-order valence-electron chi connectivity index (χ0n) is 7.78. The van der Waals surface area contributed by atoms with Crippen LogP contribution in [-0.4, -0.2) is 16.8 Å². The summed E-state index contributed by atoms with van der Waals surface area (Å²) in [6, 6.07) is 4.36. The van der Waals surface area contributed by atoms with E-state index in [4.69, 9.17) is 5.73 Å². The van der Waals surface area contributed by atoms with Gasteiger partial charge in [-0.2, -0.15) is 0 Å². The van der Waals surface area contributed by atoms with E-state index in [1.807, 2.05) is 0 Å². The molecule has 0 unspecified atom stereocenters. The van der Waals surface area contributed by atoms with Crippen LogP contribution in [0, 0.1) is 0 Å². The fourth-order valence-corrected chi connectivity index (χ4v) is 1.16. The Bertz CT molecular complexity index is 385. The number of nitrogens with two attached hydrogens (primary N) is 1. The van der Waals surface area contributed by atoms with Crippen molar-refractivity contribution in [2.45, 2.75) is 13.3 Å². The van der Waals surface area contributed by atoms with E-state index >= 15 is 0 Å². The van der Waals surface area contributed by atoms with Gasteiger partial charge in [0.2, 0.25) is 0 Å². The summed E-state index contributed by atoms with van der Waals surface area (Å²) in [6.07, 6.45) is 0.274. The molecule has 4 heteroatoms. The smallest absolute Gasteiger partial charge is 0.252 e. The Balaban J connectivity index is 3.27. The van der Waals surface area contributed by atoms with E-state index in [2.05, 4.69) is 0 Å². The summed E-state index contributed by atoms with van der Waals surface area (Å²) in [7, 11) is 0. The predicted octanol–water partition coefficient (Wildman–Crippen LogP) is 1.08. The van der Waals surface area contributed by atoms with Crippen molar-refractivity contribution in [3.05, 3.63) is 29.3 Å². The van der Waals surface area contributed by atoms with E-state index < -0.39 is 5.91 Å². The number of benzene rings is 1. The fraction of sp³-hybridized carbons (Fsp3) is 0.200. The number of Topliss-reactive ketones (excluding diaryl/α,β-unsaturated/α-hetero) is 1. The van der Waals surface area contributed by atoms with Crippen molar-refractivity contribution in [3.63, 3.8) is 0 Å². The molecule has 1 aromatic carbocycles. The van der Waals surface area contributed by atoms with Crippen LogP contribution in [0.15, 0.2) is 18.2 Å². The van der Waals surface area contributed by atoms with E-state index in [-0.39, 0.29) is 29.1 Å². The molecule has 0 spiro atoms. The highest BCUT2D eigenvalue weighted by Gasteiger charge is 2.14. The molecule has 0 radical (unpaired) electrons. The topological polar surface area (TPSA) is 80.4 Å². The second kappa shape index (κ2) is 3.91. The number of rotatable bonds is 3. The molecule has 0 aliphatic rings. The lowest BCUT2D eigenvalue weighted by atomic mass is 10.0. The lowest BCUT2D eigenvalue weighted by molar-refractivity contribution is 0.0985. The summed E-state index contributed by atoms with van der Waals surface area (Å²) in [4.78, 5) is 22.1. The van der Waals surface area contributed by atoms with Gasteiger partial charge in [0.15, 0.2) is 5.78 Å². The van der Waals surface area contributed by atoms with Crippen molar-refractivity contribution >= 4 is 11.7 Å². The average molecular weight is 193 g/mol. The SMILES string of the molecule is CCC(=O)c1cccc(C(N)=O)c1O. The number of primary amides is 1. The summed E-state index contributed by atoms with van der Waals surface area (Å²) in [5.74, 6) is -1.29. The Morgan fingerprint density at radius 2 is 1.93 bits per heavy atom. The molecule has 0 heterocycles. The van der Waals surface area contributed by atoms with Gasteiger partial charge in [-0.05, 0) is 12.1 Å². The second-order valence-electron chi connectivity index (χ2n) is 2.84. The standard InChI is InChI=1S/C10H11NO3/c1-2-8(12)6-4-3-5-7(9(6)13)10(11)14/h3-5,13H,2H2,1H3,(H2,11,14). The van der Waals surface area contributed by atoms with Gasteiger partial charge in [0.1, 0.15) is 5.75 Å². The van der Waals surface area contributed by atoms with Gasteiger partial charge in [-0.15, -0.1) is 0 Å². The number of phenols is 1. The first-order chi connectivity index (χ1) is 6.57. The van der Waals surface area contributed by atoms with E-state index in [0.717, 1.165) is 0 Å². The molecule has 0 aromatic heterocycles. The third kappa shape index (κ3) is 1.74. The van der Waals surface area contributed by atoms with Crippen LogP contribution >= 0.6 is 0 Å². The molecule has 0 bridgehead atoms. The summed E-state index contributed by atoms with van der Waals surface area (Å²) in [5, 5.41) is 9.54. The molecule has 1 rings (SSSR count). The van der Waals surface area contributed by atoms with E-state index in [1.54, 1.807) is 6.92 Å². The first-order valence-electron chi connectivity index (χ1n) is 4.23. The molecule has 0 fully saturated rings. The maximum atomic E-state index is 11.3. The number of carbonyl (C=O) groups is 2. The van der Waals surface area contributed by atoms with Gasteiger partial charge in [0.05, 0.1) is 11.1 Å². The molecule has 4 nitrogen and oxygen atoms in total. The molecule has 0 saturated heterocycles. The highest BCUT2D eigenvalue weighted by Crippen LogP contribution is 2.23. The first kappa shape index (κ1) is 10.2. The molecular formula is C10H11NO3. The monoisotopic (exact) mass is 193 g/mol. The minimum absolute atomic E-state index is 0.0238. The van der Waals surface area contributed by atoms with Gasteiger partial charge in [-0.3, -0.25) is 9.59 Å². The number of amides is 1. The second-order valence-corrected chi connectivity index (χ2v) is 2.84. The van der Waals surface area contributed by atoms with Crippen LogP contribution in [0.1, 0.15) is 34.1 Å². The molecular weight excluding hydrogens is 182 g/mol. The van der Waals surface area contributed by atoms with Crippen molar-refractivity contribution in [1.29, 1.82) is 0 Å². The van der Waals surface area contributed by atoms with E-state index in [9.17, 15) is 14.7 Å². The van der Waals surface area contributed by atoms with Gasteiger partial charge in [-0.25, -0.2) is 0 Å². The Hall–Kier alpha value is -1.84. The van der Waals surface area contributed by atoms with Crippen LogP contribution in [0.3, 0.4) is 0 Å². The molecule has 3 N–H and O–H groups in total. The zero-order valence-corrected chi connectivity index (χ0v) is 7.78. The number of para-hydroxylation sites is 1. The predicted molar refractivity (Wildman–Crippen MR) is 51.2 cm³/mol.